The summed E-state index contributed by atoms with van der Waals surface area (Å²) in [5, 5.41) is 9.73. The van der Waals surface area contributed by atoms with Crippen LogP contribution in [0.4, 0.5) is 4.79 Å². The third-order valence-corrected chi connectivity index (χ3v) is 6.28. The number of carbonyl (C=O) groups is 2. The number of ether oxygens (including phenoxy) is 1. The van der Waals surface area contributed by atoms with Gasteiger partial charge in [0, 0.05) is 30.6 Å². The number of urea groups is 1. The molecule has 0 unspecified atom stereocenters. The molecular weight excluding hydrogens is 464 g/mol. The first kappa shape index (κ1) is 26.7. The fourth-order valence-electron chi connectivity index (χ4n) is 3.91. The van der Waals surface area contributed by atoms with Crippen molar-refractivity contribution in [3.05, 3.63) is 69.7 Å². The second-order valence-corrected chi connectivity index (χ2v) is 10.3. The molecule has 0 aliphatic carbocycles. The molecular formula is C27H35ClN4O3. The average Bonchev–Trinajstić information content (AvgIpc) is 3.22. The highest BCUT2D eigenvalue weighted by Crippen LogP contribution is 2.36. The number of benzene rings is 2. The molecule has 35 heavy (non-hydrogen) atoms. The lowest BCUT2D eigenvalue weighted by molar-refractivity contribution is -0.133. The van der Waals surface area contributed by atoms with Crippen LogP contribution in [0.5, 0.6) is 0 Å². The Kier molecular flexibility index (Phi) is 8.56. The minimum Gasteiger partial charge on any atom is -0.383 e. The summed E-state index contributed by atoms with van der Waals surface area (Å²) in [5.41, 5.74) is 4.53. The summed E-state index contributed by atoms with van der Waals surface area (Å²) in [4.78, 5) is 28.0. The van der Waals surface area contributed by atoms with Crippen molar-refractivity contribution in [2.45, 2.75) is 52.6 Å². The Morgan fingerprint density at radius 3 is 2.51 bits per heavy atom. The first-order valence-corrected chi connectivity index (χ1v) is 12.2. The van der Waals surface area contributed by atoms with E-state index in [0.29, 0.717) is 18.1 Å². The second-order valence-electron chi connectivity index (χ2n) is 9.92. The van der Waals surface area contributed by atoms with E-state index < -0.39 is 5.54 Å². The van der Waals surface area contributed by atoms with Gasteiger partial charge < -0.3 is 15.0 Å². The predicted molar refractivity (Wildman–Crippen MR) is 140 cm³/mol. The van der Waals surface area contributed by atoms with E-state index in [9.17, 15) is 9.59 Å². The molecule has 188 valence electrons. The summed E-state index contributed by atoms with van der Waals surface area (Å²) in [7, 11) is 1.57. The van der Waals surface area contributed by atoms with Gasteiger partial charge in [0.2, 0.25) is 0 Å². The quantitative estimate of drug-likeness (QED) is 0.577. The second kappa shape index (κ2) is 11.2. The van der Waals surface area contributed by atoms with Crippen LogP contribution in [-0.2, 0) is 9.53 Å². The van der Waals surface area contributed by atoms with Crippen molar-refractivity contribution in [3.8, 4) is 0 Å². The summed E-state index contributed by atoms with van der Waals surface area (Å²) < 4.78 is 5.17. The summed E-state index contributed by atoms with van der Waals surface area (Å²) >= 11 is 6.53. The summed E-state index contributed by atoms with van der Waals surface area (Å²) in [6.07, 6.45) is 0.532. The van der Waals surface area contributed by atoms with Crippen LogP contribution in [0.2, 0.25) is 5.02 Å². The molecule has 0 fully saturated rings. The number of hydrogen-bond acceptors (Lipinski definition) is 4. The molecule has 3 amide bonds. The zero-order valence-electron chi connectivity index (χ0n) is 21.4. The Morgan fingerprint density at radius 1 is 1.17 bits per heavy atom. The van der Waals surface area contributed by atoms with Gasteiger partial charge >= 0.3 is 6.03 Å². The lowest BCUT2D eigenvalue weighted by Crippen LogP contribution is -2.52. The fourth-order valence-corrected chi connectivity index (χ4v) is 4.17. The molecule has 2 aromatic rings. The van der Waals surface area contributed by atoms with Gasteiger partial charge in [0.05, 0.1) is 18.4 Å². The van der Waals surface area contributed by atoms with Gasteiger partial charge in [-0.15, -0.1) is 0 Å². The Labute approximate surface area is 213 Å². The van der Waals surface area contributed by atoms with Crippen molar-refractivity contribution in [2.24, 2.45) is 5.10 Å². The van der Waals surface area contributed by atoms with Crippen LogP contribution in [-0.4, -0.2) is 59.9 Å². The van der Waals surface area contributed by atoms with Gasteiger partial charge in [-0.3, -0.25) is 4.79 Å². The van der Waals surface area contributed by atoms with E-state index in [-0.39, 0.29) is 31.1 Å². The standard InChI is InChI=1S/C27H35ClN4O3/c1-18-11-12-20(15-19(18)2)23-16-24(21-9-7-8-10-22(21)28)32(30-23)25(33)17-31(13-14-35-6)26(34)29-27(3,4)5/h7-12,15,24H,13-14,16-17H2,1-6H3,(H,29,34)/t24-/m0/s1. The molecule has 1 heterocycles. The third-order valence-electron chi connectivity index (χ3n) is 5.93. The SMILES string of the molecule is COCCN(CC(=O)N1N=C(c2ccc(C)c(C)c2)C[C@H]1c1ccccc1Cl)C(=O)NC(C)(C)C. The van der Waals surface area contributed by atoms with E-state index in [1.54, 1.807) is 7.11 Å². The largest absolute Gasteiger partial charge is 0.383 e. The molecule has 0 radical (unpaired) electrons. The molecule has 1 atom stereocenters. The van der Waals surface area contributed by atoms with Crippen LogP contribution in [0.1, 0.15) is 55.5 Å². The van der Waals surface area contributed by atoms with Crippen LogP contribution in [0.3, 0.4) is 0 Å². The van der Waals surface area contributed by atoms with Crippen LogP contribution < -0.4 is 5.32 Å². The molecule has 2 aromatic carbocycles. The number of hydrogen-bond donors (Lipinski definition) is 1. The van der Waals surface area contributed by atoms with Gasteiger partial charge in [0.25, 0.3) is 5.91 Å². The highest BCUT2D eigenvalue weighted by molar-refractivity contribution is 6.31. The highest BCUT2D eigenvalue weighted by atomic mass is 35.5. The molecule has 0 spiro atoms. The molecule has 0 saturated carbocycles. The molecule has 0 saturated heterocycles. The number of halogens is 1. The topological polar surface area (TPSA) is 74.2 Å². The summed E-state index contributed by atoms with van der Waals surface area (Å²) in [5.74, 6) is -0.283. The molecule has 0 aromatic heterocycles. The van der Waals surface area contributed by atoms with E-state index in [2.05, 4.69) is 31.3 Å². The maximum atomic E-state index is 13.6. The van der Waals surface area contributed by atoms with E-state index in [1.807, 2.05) is 51.1 Å². The van der Waals surface area contributed by atoms with Crippen LogP contribution in [0.25, 0.3) is 0 Å². The van der Waals surface area contributed by atoms with Crippen molar-refractivity contribution >= 4 is 29.3 Å². The van der Waals surface area contributed by atoms with Gasteiger partial charge in [-0.2, -0.15) is 5.10 Å². The highest BCUT2D eigenvalue weighted by Gasteiger charge is 2.35. The van der Waals surface area contributed by atoms with E-state index >= 15 is 0 Å². The molecule has 1 aliphatic rings. The summed E-state index contributed by atoms with van der Waals surface area (Å²) in [6, 6.07) is 13.0. The predicted octanol–water partition coefficient (Wildman–Crippen LogP) is 5.09. The van der Waals surface area contributed by atoms with Gasteiger partial charge in [0.1, 0.15) is 6.54 Å². The van der Waals surface area contributed by atoms with Crippen molar-refractivity contribution in [2.75, 3.05) is 26.8 Å². The Bertz CT molecular complexity index is 1110. The zero-order valence-corrected chi connectivity index (χ0v) is 22.1. The Hall–Kier alpha value is -2.90. The number of carbonyl (C=O) groups excluding carboxylic acids is 2. The van der Waals surface area contributed by atoms with Crippen molar-refractivity contribution in [1.29, 1.82) is 0 Å². The molecule has 3 rings (SSSR count). The maximum Gasteiger partial charge on any atom is 0.318 e. The summed E-state index contributed by atoms with van der Waals surface area (Å²) in [6.45, 7) is 10.3. The van der Waals surface area contributed by atoms with Crippen LogP contribution in [0, 0.1) is 13.8 Å². The monoisotopic (exact) mass is 498 g/mol. The minimum atomic E-state index is -0.437. The van der Waals surface area contributed by atoms with Crippen molar-refractivity contribution in [3.63, 3.8) is 0 Å². The van der Waals surface area contributed by atoms with Gasteiger partial charge in [0.15, 0.2) is 0 Å². The lowest BCUT2D eigenvalue weighted by atomic mass is 9.96. The zero-order chi connectivity index (χ0) is 25.8. The van der Waals surface area contributed by atoms with Crippen molar-refractivity contribution in [1.82, 2.24) is 15.2 Å². The molecule has 1 aliphatic heterocycles. The van der Waals surface area contributed by atoms with Crippen LogP contribution >= 0.6 is 11.6 Å². The number of nitrogens with zero attached hydrogens (tertiary/aromatic N) is 3. The number of nitrogens with one attached hydrogen (secondary N) is 1. The minimum absolute atomic E-state index is 0.129. The number of methoxy groups -OCH3 is 1. The Morgan fingerprint density at radius 2 is 1.89 bits per heavy atom. The van der Waals surface area contributed by atoms with Crippen LogP contribution in [0.15, 0.2) is 47.6 Å². The third kappa shape index (κ3) is 6.83. The number of aryl methyl sites for hydroxylation is 2. The molecule has 8 heteroatoms. The number of rotatable bonds is 7. The molecule has 1 N–H and O–H groups in total. The molecule has 7 nitrogen and oxygen atoms in total. The Balaban J connectivity index is 1.93. The normalized spacial score (nSPS) is 15.7. The molecule has 0 bridgehead atoms. The average molecular weight is 499 g/mol. The lowest BCUT2D eigenvalue weighted by Gasteiger charge is -2.30. The van der Waals surface area contributed by atoms with E-state index in [1.165, 1.54) is 15.5 Å². The first-order valence-electron chi connectivity index (χ1n) is 11.8. The fraction of sp³-hybridized carbons (Fsp3) is 0.444. The number of amides is 3. The maximum absolute atomic E-state index is 13.6. The first-order chi connectivity index (χ1) is 16.5. The van der Waals surface area contributed by atoms with E-state index in [0.717, 1.165) is 22.4 Å². The van der Waals surface area contributed by atoms with Gasteiger partial charge in [-0.25, -0.2) is 9.80 Å². The van der Waals surface area contributed by atoms with Gasteiger partial charge in [-0.05, 0) is 69.0 Å². The van der Waals surface area contributed by atoms with Gasteiger partial charge in [-0.1, -0.05) is 41.9 Å². The smallest absolute Gasteiger partial charge is 0.318 e. The number of hydrazone groups is 1. The van der Waals surface area contributed by atoms with Crippen molar-refractivity contribution < 1.29 is 14.3 Å². The van der Waals surface area contributed by atoms with E-state index in [4.69, 9.17) is 21.4 Å².